The van der Waals surface area contributed by atoms with E-state index in [4.69, 9.17) is 24.4 Å². The molecule has 0 atom stereocenters. The van der Waals surface area contributed by atoms with E-state index < -0.39 is 0 Å². The molecular weight excluding hydrogens is 390 g/mol. The molecule has 0 saturated carbocycles. The maximum atomic E-state index is 11.5. The first-order valence-electron chi connectivity index (χ1n) is 8.24. The van der Waals surface area contributed by atoms with E-state index in [0.717, 1.165) is 17.1 Å². The highest BCUT2D eigenvalue weighted by Gasteiger charge is 2.12. The van der Waals surface area contributed by atoms with Crippen LogP contribution in [0, 0.1) is 0 Å². The van der Waals surface area contributed by atoms with Crippen molar-refractivity contribution in [1.82, 2.24) is 15.6 Å². The lowest BCUT2D eigenvalue weighted by molar-refractivity contribution is -0.120. The average molecular weight is 414 g/mol. The number of nitrogens with one attached hydrogen (secondary N) is 4. The van der Waals surface area contributed by atoms with Gasteiger partial charge in [-0.25, -0.2) is 4.98 Å². The van der Waals surface area contributed by atoms with Crippen molar-refractivity contribution >= 4 is 69.7 Å². The Kier molecular flexibility index (Phi) is 10.1. The van der Waals surface area contributed by atoms with Gasteiger partial charge in [0.25, 0.3) is 0 Å². The number of thiocarbonyl (C=S) groups is 2. The van der Waals surface area contributed by atoms with Crippen LogP contribution in [-0.4, -0.2) is 32.8 Å². The molecule has 0 bridgehead atoms. The average Bonchev–Trinajstić information content (AvgIpc) is 2.61. The molecule has 0 aliphatic carbocycles. The lowest BCUT2D eigenvalue weighted by atomic mass is 10.3. The van der Waals surface area contributed by atoms with Gasteiger partial charge in [-0.2, -0.15) is 0 Å². The van der Waals surface area contributed by atoms with Crippen LogP contribution in [0.1, 0.15) is 40.0 Å². The van der Waals surface area contributed by atoms with E-state index in [2.05, 4.69) is 33.2 Å². The molecule has 0 aliphatic heterocycles. The molecule has 2 amide bonds. The Morgan fingerprint density at radius 3 is 2.15 bits per heavy atom. The summed E-state index contributed by atoms with van der Waals surface area (Å²) in [7, 11) is 0. The standard InChI is InChI=1S/C16H23N5O2S3/c1-4-7-26-10-8-11(18-15(24)19-12(22)5-2)14(17-9-10)21-16(25)20-13(23)6-3/h8-9H,4-7H2,1-3H3,(H2,18,19,22,24)(H2,17,20,21,23,25). The van der Waals surface area contributed by atoms with Crippen LogP contribution in [0.4, 0.5) is 11.5 Å². The third-order valence-corrected chi connectivity index (χ3v) is 4.54. The molecule has 1 rings (SSSR count). The van der Waals surface area contributed by atoms with E-state index in [1.54, 1.807) is 31.8 Å². The first-order valence-corrected chi connectivity index (χ1v) is 10.0. The van der Waals surface area contributed by atoms with Gasteiger partial charge in [0.1, 0.15) is 0 Å². The summed E-state index contributed by atoms with van der Waals surface area (Å²) in [6.45, 7) is 5.57. The molecule has 26 heavy (non-hydrogen) atoms. The molecule has 0 unspecified atom stereocenters. The Bertz CT molecular complexity index is 682. The van der Waals surface area contributed by atoms with E-state index in [9.17, 15) is 9.59 Å². The minimum atomic E-state index is -0.196. The Hall–Kier alpha value is -1.78. The molecule has 4 N–H and O–H groups in total. The number of carbonyl (C=O) groups is 2. The summed E-state index contributed by atoms with van der Waals surface area (Å²) in [5.41, 5.74) is 0.556. The topological polar surface area (TPSA) is 95.2 Å². The van der Waals surface area contributed by atoms with Crippen molar-refractivity contribution in [2.24, 2.45) is 0 Å². The van der Waals surface area contributed by atoms with E-state index in [0.29, 0.717) is 24.3 Å². The summed E-state index contributed by atoms with van der Waals surface area (Å²) in [6.07, 6.45) is 3.39. The first kappa shape index (κ1) is 22.3. The van der Waals surface area contributed by atoms with Crippen LogP contribution in [0.25, 0.3) is 0 Å². The van der Waals surface area contributed by atoms with Gasteiger partial charge in [-0.1, -0.05) is 20.8 Å². The van der Waals surface area contributed by atoms with Crippen LogP contribution in [-0.2, 0) is 9.59 Å². The fourth-order valence-electron chi connectivity index (χ4n) is 1.66. The highest BCUT2D eigenvalue weighted by atomic mass is 32.2. The van der Waals surface area contributed by atoms with Gasteiger partial charge in [0.05, 0.1) is 5.69 Å². The Labute approximate surface area is 168 Å². The van der Waals surface area contributed by atoms with Gasteiger partial charge < -0.3 is 21.3 Å². The third kappa shape index (κ3) is 8.07. The minimum absolute atomic E-state index is 0.143. The van der Waals surface area contributed by atoms with Crippen molar-refractivity contribution in [2.75, 3.05) is 16.4 Å². The summed E-state index contributed by atoms with van der Waals surface area (Å²) in [6, 6.07) is 1.87. The highest BCUT2D eigenvalue weighted by molar-refractivity contribution is 7.99. The van der Waals surface area contributed by atoms with Gasteiger partial charge in [0, 0.05) is 23.9 Å². The van der Waals surface area contributed by atoms with Crippen molar-refractivity contribution in [1.29, 1.82) is 0 Å². The SMILES string of the molecule is CCCSc1cnc(NC(=S)NC(=O)CC)c(NC(=S)NC(=O)CC)c1. The van der Waals surface area contributed by atoms with Crippen molar-refractivity contribution in [2.45, 2.75) is 44.9 Å². The molecule has 7 nitrogen and oxygen atoms in total. The molecule has 142 valence electrons. The number of hydrogen-bond donors (Lipinski definition) is 4. The summed E-state index contributed by atoms with van der Waals surface area (Å²) in [5, 5.41) is 11.3. The van der Waals surface area contributed by atoms with Gasteiger partial charge in [-0.05, 0) is 42.7 Å². The quantitative estimate of drug-likeness (QED) is 0.400. The zero-order valence-electron chi connectivity index (χ0n) is 15.0. The zero-order valence-corrected chi connectivity index (χ0v) is 17.4. The number of aromatic nitrogens is 1. The monoisotopic (exact) mass is 413 g/mol. The lowest BCUT2D eigenvalue weighted by Crippen LogP contribution is -2.35. The van der Waals surface area contributed by atoms with Crippen molar-refractivity contribution in [3.05, 3.63) is 12.3 Å². The van der Waals surface area contributed by atoms with Crippen LogP contribution >= 0.6 is 36.2 Å². The van der Waals surface area contributed by atoms with Crippen LogP contribution in [0.3, 0.4) is 0 Å². The molecule has 0 radical (unpaired) electrons. The normalized spacial score (nSPS) is 9.96. The summed E-state index contributed by atoms with van der Waals surface area (Å²) in [5.74, 6) is 0.973. The Morgan fingerprint density at radius 1 is 1.04 bits per heavy atom. The fourth-order valence-corrected chi connectivity index (χ4v) is 2.86. The van der Waals surface area contributed by atoms with Crippen LogP contribution in [0.2, 0.25) is 0 Å². The predicted octanol–water partition coefficient (Wildman–Crippen LogP) is 3.03. The maximum Gasteiger partial charge on any atom is 0.225 e. The van der Waals surface area contributed by atoms with Crippen LogP contribution in [0.15, 0.2) is 17.2 Å². The second kappa shape index (κ2) is 11.8. The van der Waals surface area contributed by atoms with Gasteiger partial charge >= 0.3 is 0 Å². The van der Waals surface area contributed by atoms with E-state index in [-0.39, 0.29) is 22.0 Å². The first-order chi connectivity index (χ1) is 12.4. The number of nitrogens with zero attached hydrogens (tertiary/aromatic N) is 1. The number of anilines is 2. The zero-order chi connectivity index (χ0) is 19.5. The van der Waals surface area contributed by atoms with E-state index in [1.807, 2.05) is 6.07 Å². The Balaban J connectivity index is 2.95. The summed E-state index contributed by atoms with van der Waals surface area (Å²) >= 11 is 11.9. The van der Waals surface area contributed by atoms with Gasteiger partial charge in [-0.15, -0.1) is 11.8 Å². The number of amides is 2. The second-order valence-electron chi connectivity index (χ2n) is 5.13. The molecule has 0 fully saturated rings. The summed E-state index contributed by atoms with van der Waals surface area (Å²) in [4.78, 5) is 28.3. The largest absolute Gasteiger partial charge is 0.329 e. The number of carbonyl (C=O) groups excluding carboxylic acids is 2. The maximum absolute atomic E-state index is 11.5. The van der Waals surface area contributed by atoms with Gasteiger partial charge in [-0.3, -0.25) is 9.59 Å². The van der Waals surface area contributed by atoms with Gasteiger partial charge in [0.2, 0.25) is 11.8 Å². The van der Waals surface area contributed by atoms with Crippen molar-refractivity contribution < 1.29 is 9.59 Å². The van der Waals surface area contributed by atoms with Crippen LogP contribution < -0.4 is 21.3 Å². The van der Waals surface area contributed by atoms with Crippen LogP contribution in [0.5, 0.6) is 0 Å². The fraction of sp³-hybridized carbons (Fsp3) is 0.438. The second-order valence-corrected chi connectivity index (χ2v) is 7.11. The number of rotatable bonds is 7. The Morgan fingerprint density at radius 2 is 1.62 bits per heavy atom. The molecule has 1 aromatic heterocycles. The predicted molar refractivity (Wildman–Crippen MR) is 115 cm³/mol. The minimum Gasteiger partial charge on any atom is -0.329 e. The van der Waals surface area contributed by atoms with E-state index >= 15 is 0 Å². The van der Waals surface area contributed by atoms with E-state index in [1.165, 1.54) is 0 Å². The van der Waals surface area contributed by atoms with Gasteiger partial charge in [0.15, 0.2) is 16.0 Å². The van der Waals surface area contributed by atoms with Crippen molar-refractivity contribution in [3.63, 3.8) is 0 Å². The number of pyridine rings is 1. The third-order valence-electron chi connectivity index (χ3n) is 2.96. The number of thioether (sulfide) groups is 1. The smallest absolute Gasteiger partial charge is 0.225 e. The van der Waals surface area contributed by atoms with Crippen molar-refractivity contribution in [3.8, 4) is 0 Å². The number of hydrogen-bond acceptors (Lipinski definition) is 6. The highest BCUT2D eigenvalue weighted by Crippen LogP contribution is 2.26. The molecule has 0 aliphatic rings. The molecule has 1 aromatic rings. The lowest BCUT2D eigenvalue weighted by Gasteiger charge is -2.15. The molecule has 0 saturated heterocycles. The molecule has 0 spiro atoms. The molecule has 0 aromatic carbocycles. The molecular formula is C16H23N5O2S3. The molecule has 1 heterocycles. The summed E-state index contributed by atoms with van der Waals surface area (Å²) < 4.78 is 0. The molecule has 10 heteroatoms.